The van der Waals surface area contributed by atoms with Gasteiger partial charge < -0.3 is 26.3 Å². The number of carbonyl (C=O) groups is 3. The van der Waals surface area contributed by atoms with Gasteiger partial charge in [-0.1, -0.05) is 6.07 Å². The average Bonchev–Trinajstić information content (AvgIpc) is 3.64. The quantitative estimate of drug-likeness (QED) is 0.365. The van der Waals surface area contributed by atoms with Crippen molar-refractivity contribution in [1.82, 2.24) is 9.69 Å². The van der Waals surface area contributed by atoms with E-state index in [9.17, 15) is 14.4 Å². The first kappa shape index (κ1) is 25.6. The van der Waals surface area contributed by atoms with E-state index in [4.69, 9.17) is 20.9 Å². The van der Waals surface area contributed by atoms with E-state index in [2.05, 4.69) is 9.69 Å². The van der Waals surface area contributed by atoms with Crippen molar-refractivity contribution in [2.24, 2.45) is 5.73 Å². The Labute approximate surface area is 216 Å². The lowest BCUT2D eigenvalue weighted by Gasteiger charge is -2.30. The maximum atomic E-state index is 13.9. The van der Waals surface area contributed by atoms with Crippen LogP contribution in [0.1, 0.15) is 50.8 Å². The Hall–Kier alpha value is -3.48. The highest BCUT2D eigenvalue weighted by Gasteiger charge is 2.37. The number of hydrogen-bond acceptors (Lipinski definition) is 9. The van der Waals surface area contributed by atoms with Gasteiger partial charge in [0, 0.05) is 23.7 Å². The van der Waals surface area contributed by atoms with Crippen LogP contribution in [-0.4, -0.2) is 48.0 Å². The van der Waals surface area contributed by atoms with Crippen molar-refractivity contribution in [2.75, 3.05) is 30.4 Å². The summed E-state index contributed by atoms with van der Waals surface area (Å²) in [6.45, 7) is 3.36. The lowest BCUT2D eigenvalue weighted by Crippen LogP contribution is -2.45. The molecule has 3 heterocycles. The van der Waals surface area contributed by atoms with Crippen LogP contribution in [0, 0.1) is 0 Å². The maximum Gasteiger partial charge on any atom is 0.273 e. The number of carbonyl (C=O) groups excluding carboxylic acids is 3. The average molecular weight is 530 g/mol. The molecule has 2 atom stereocenters. The van der Waals surface area contributed by atoms with Gasteiger partial charge in [-0.2, -0.15) is 4.37 Å². The topological polar surface area (TPSA) is 150 Å². The Morgan fingerprint density at radius 1 is 1.28 bits per heavy atom. The second kappa shape index (κ2) is 11.5. The van der Waals surface area contributed by atoms with Crippen molar-refractivity contribution < 1.29 is 23.9 Å². The highest BCUT2D eigenvalue weighted by Crippen LogP contribution is 2.35. The van der Waals surface area contributed by atoms with E-state index >= 15 is 0 Å². The molecule has 0 saturated carbocycles. The Bertz CT molecular complexity index is 1210. The number of primary amides is 1. The van der Waals surface area contributed by atoms with E-state index in [0.29, 0.717) is 36.1 Å². The minimum absolute atomic E-state index is 0.0196. The first-order valence-corrected chi connectivity index (χ1v) is 13.1. The number of nitrogen functional groups attached to an aromatic ring is 1. The molecule has 1 saturated heterocycles. The number of rotatable bonds is 10. The first-order chi connectivity index (χ1) is 17.4. The number of nitrogens with one attached hydrogen (secondary N) is 1. The van der Waals surface area contributed by atoms with Crippen molar-refractivity contribution in [3.63, 3.8) is 0 Å². The van der Waals surface area contributed by atoms with Crippen LogP contribution >= 0.6 is 22.9 Å². The molecule has 1 aromatic carbocycles. The van der Waals surface area contributed by atoms with Gasteiger partial charge in [0.2, 0.25) is 5.91 Å². The molecule has 10 nitrogen and oxygen atoms in total. The summed E-state index contributed by atoms with van der Waals surface area (Å²) in [7, 11) is 0. The summed E-state index contributed by atoms with van der Waals surface area (Å²) < 4.78 is 15.1. The number of anilines is 2. The smallest absolute Gasteiger partial charge is 0.273 e. The molecule has 1 fully saturated rings. The number of ether oxygens (including phenoxy) is 2. The molecule has 1 aliphatic heterocycles. The van der Waals surface area contributed by atoms with Crippen LogP contribution in [0.5, 0.6) is 5.75 Å². The van der Waals surface area contributed by atoms with Crippen LogP contribution in [0.4, 0.5) is 11.4 Å². The van der Waals surface area contributed by atoms with Gasteiger partial charge in [0.25, 0.3) is 11.8 Å². The summed E-state index contributed by atoms with van der Waals surface area (Å²) >= 11 is 2.12. The lowest BCUT2D eigenvalue weighted by molar-refractivity contribution is -0.122. The molecule has 2 aromatic heterocycles. The van der Waals surface area contributed by atoms with E-state index < -0.39 is 17.9 Å². The van der Waals surface area contributed by atoms with Crippen LogP contribution in [0.25, 0.3) is 0 Å². The van der Waals surface area contributed by atoms with E-state index in [1.54, 1.807) is 30.3 Å². The Morgan fingerprint density at radius 2 is 2.06 bits per heavy atom. The van der Waals surface area contributed by atoms with Gasteiger partial charge in [-0.05, 0) is 67.0 Å². The maximum absolute atomic E-state index is 13.9. The van der Waals surface area contributed by atoms with Crippen LogP contribution in [0.2, 0.25) is 0 Å². The summed E-state index contributed by atoms with van der Waals surface area (Å²) in [4.78, 5) is 41.3. The van der Waals surface area contributed by atoms with E-state index in [1.807, 2.05) is 18.4 Å². The molecule has 0 spiro atoms. The van der Waals surface area contributed by atoms with Crippen molar-refractivity contribution >= 4 is 52.0 Å². The van der Waals surface area contributed by atoms with Crippen LogP contribution in [0.3, 0.4) is 0 Å². The molecule has 3 aromatic rings. The fourth-order valence-electron chi connectivity index (χ4n) is 3.93. The molecular formula is C24H27N5O5S2. The van der Waals surface area contributed by atoms with Gasteiger partial charge in [-0.15, -0.1) is 11.3 Å². The zero-order valence-electron chi connectivity index (χ0n) is 19.6. The number of nitrogens with zero attached hydrogens (tertiary/aromatic N) is 2. The third-order valence-corrected chi connectivity index (χ3v) is 7.42. The van der Waals surface area contributed by atoms with Gasteiger partial charge in [0.1, 0.15) is 10.6 Å². The Kier molecular flexibility index (Phi) is 8.18. The number of nitrogens with two attached hydrogens (primary N) is 2. The second-order valence-corrected chi connectivity index (χ2v) is 9.79. The number of amides is 3. The summed E-state index contributed by atoms with van der Waals surface area (Å²) in [5.41, 5.74) is 11.6. The first-order valence-electron chi connectivity index (χ1n) is 11.4. The predicted octanol–water partition coefficient (Wildman–Crippen LogP) is 2.97. The highest BCUT2D eigenvalue weighted by atomic mass is 32.1. The molecule has 190 valence electrons. The minimum atomic E-state index is -1.00. The Morgan fingerprint density at radius 3 is 2.64 bits per heavy atom. The third kappa shape index (κ3) is 5.50. The zero-order valence-corrected chi connectivity index (χ0v) is 21.3. The van der Waals surface area contributed by atoms with Crippen LogP contribution < -0.4 is 26.4 Å². The molecule has 0 radical (unpaired) electrons. The molecule has 3 amide bonds. The summed E-state index contributed by atoms with van der Waals surface area (Å²) in [6.07, 6.45) is 1.74. The predicted molar refractivity (Wildman–Crippen MR) is 139 cm³/mol. The van der Waals surface area contributed by atoms with Gasteiger partial charge in [-0.3, -0.25) is 19.3 Å². The largest absolute Gasteiger partial charge is 0.494 e. The molecule has 4 rings (SSSR count). The van der Waals surface area contributed by atoms with E-state index in [-0.39, 0.29) is 28.3 Å². The fraction of sp³-hybridized carbons (Fsp3) is 0.333. The molecule has 0 aliphatic carbocycles. The fourth-order valence-corrected chi connectivity index (χ4v) is 5.48. The zero-order chi connectivity index (χ0) is 25.7. The third-order valence-electron chi connectivity index (χ3n) is 5.65. The molecule has 1 aliphatic rings. The van der Waals surface area contributed by atoms with Crippen LogP contribution in [-0.2, 0) is 9.53 Å². The van der Waals surface area contributed by atoms with Crippen molar-refractivity contribution in [3.8, 4) is 5.75 Å². The molecule has 5 N–H and O–H groups in total. The van der Waals surface area contributed by atoms with Crippen molar-refractivity contribution in [3.05, 3.63) is 57.2 Å². The van der Waals surface area contributed by atoms with E-state index in [0.717, 1.165) is 24.4 Å². The van der Waals surface area contributed by atoms with Crippen molar-refractivity contribution in [1.29, 1.82) is 0 Å². The number of aromatic nitrogens is 1. The van der Waals surface area contributed by atoms with Crippen molar-refractivity contribution in [2.45, 2.75) is 31.9 Å². The normalized spacial score (nSPS) is 15.9. The SMILES string of the molecule is CCOc1ccc(N(C(=O)c2snc(C(N)=O)c2N)[C@@H](C(=O)NC[C@H]2CCCO2)c2cccs2)cc1. The van der Waals surface area contributed by atoms with Gasteiger partial charge >= 0.3 is 0 Å². The second-order valence-electron chi connectivity index (χ2n) is 8.04. The summed E-state index contributed by atoms with van der Waals surface area (Å²) in [5.74, 6) is -1.15. The van der Waals surface area contributed by atoms with Gasteiger partial charge in [0.05, 0.1) is 18.4 Å². The number of benzene rings is 1. The number of thiophene rings is 1. The van der Waals surface area contributed by atoms with E-state index in [1.165, 1.54) is 16.2 Å². The van der Waals surface area contributed by atoms with Gasteiger partial charge in [-0.25, -0.2) is 0 Å². The highest BCUT2D eigenvalue weighted by molar-refractivity contribution is 7.10. The molecule has 12 heteroatoms. The molecule has 0 unspecified atom stereocenters. The molecule has 36 heavy (non-hydrogen) atoms. The monoisotopic (exact) mass is 529 g/mol. The lowest BCUT2D eigenvalue weighted by atomic mass is 10.1. The summed E-state index contributed by atoms with van der Waals surface area (Å²) in [6, 6.07) is 9.44. The van der Waals surface area contributed by atoms with Crippen LogP contribution in [0.15, 0.2) is 41.8 Å². The molecule has 0 bridgehead atoms. The van der Waals surface area contributed by atoms with Gasteiger partial charge in [0.15, 0.2) is 11.7 Å². The molecular weight excluding hydrogens is 502 g/mol. The number of hydrogen-bond donors (Lipinski definition) is 3. The minimum Gasteiger partial charge on any atom is -0.494 e. The standard InChI is InChI=1S/C24H27N5O5S2/c1-2-33-15-9-7-14(8-10-15)29(24(32)21-18(25)19(22(26)30)28-36-21)20(17-6-4-12-35-17)23(31)27-13-16-5-3-11-34-16/h4,6-10,12,16,20H,2-3,5,11,13,25H2,1H3,(H2,26,30)(H,27,31)/t16-,20-/m1/s1. The Balaban J connectivity index is 1.75. The summed E-state index contributed by atoms with van der Waals surface area (Å²) in [5, 5.41) is 4.78.